The van der Waals surface area contributed by atoms with Gasteiger partial charge in [0, 0.05) is 30.0 Å². The van der Waals surface area contributed by atoms with Crippen LogP contribution in [0, 0.1) is 0 Å². The molecule has 0 bridgehead atoms. The molecule has 1 amide bonds. The van der Waals surface area contributed by atoms with Crippen LogP contribution in [0.1, 0.15) is 44.2 Å². The van der Waals surface area contributed by atoms with Gasteiger partial charge < -0.3 is 11.1 Å². The fourth-order valence-electron chi connectivity index (χ4n) is 3.76. The largest absolute Gasteiger partial charge is 0.330 e. The summed E-state index contributed by atoms with van der Waals surface area (Å²) in [5.74, 6) is 0.178. The summed E-state index contributed by atoms with van der Waals surface area (Å²) in [6.45, 7) is 1.95. The molecule has 1 fully saturated rings. The second-order valence-corrected chi connectivity index (χ2v) is 7.34. The van der Waals surface area contributed by atoms with Crippen LogP contribution < -0.4 is 16.6 Å². The average Bonchev–Trinajstić information content (AvgIpc) is 2.63. The van der Waals surface area contributed by atoms with Gasteiger partial charge in [0.2, 0.25) is 5.91 Å². The average molecular weight is 375 g/mol. The van der Waals surface area contributed by atoms with Crippen LogP contribution in [0.25, 0.3) is 0 Å². The Morgan fingerprint density at radius 1 is 1.35 bits per heavy atom. The van der Waals surface area contributed by atoms with E-state index < -0.39 is 0 Å². The van der Waals surface area contributed by atoms with Gasteiger partial charge >= 0.3 is 0 Å². The third-order valence-electron chi connectivity index (χ3n) is 5.21. The lowest BCUT2D eigenvalue weighted by molar-refractivity contribution is -0.114. The van der Waals surface area contributed by atoms with Gasteiger partial charge in [-0.15, -0.1) is 0 Å². The Kier molecular flexibility index (Phi) is 5.44. The molecule has 3 N–H and O–H groups in total. The molecule has 1 heterocycles. The Balaban J connectivity index is 1.81. The number of benzene rings is 1. The number of hydrogen-bond donors (Lipinski definition) is 2. The maximum absolute atomic E-state index is 12.2. The zero-order chi connectivity index (χ0) is 18.7. The van der Waals surface area contributed by atoms with Crippen molar-refractivity contribution < 1.29 is 4.79 Å². The second-order valence-electron chi connectivity index (χ2n) is 6.91. The molecular weight excluding hydrogens is 352 g/mol. The van der Waals surface area contributed by atoms with Crippen molar-refractivity contribution >= 4 is 23.3 Å². The van der Waals surface area contributed by atoms with Gasteiger partial charge in [-0.2, -0.15) is 5.10 Å². The maximum atomic E-state index is 12.2. The summed E-state index contributed by atoms with van der Waals surface area (Å²) in [6, 6.07) is 10.8. The van der Waals surface area contributed by atoms with Crippen LogP contribution in [0.3, 0.4) is 0 Å². The first-order chi connectivity index (χ1) is 12.4. The van der Waals surface area contributed by atoms with Crippen molar-refractivity contribution in [3.8, 4) is 0 Å². The number of rotatable bonds is 4. The Morgan fingerprint density at radius 3 is 2.69 bits per heavy atom. The highest BCUT2D eigenvalue weighted by Crippen LogP contribution is 2.42. The van der Waals surface area contributed by atoms with E-state index in [-0.39, 0.29) is 22.9 Å². The van der Waals surface area contributed by atoms with Crippen LogP contribution in [0.15, 0.2) is 41.2 Å². The van der Waals surface area contributed by atoms with Crippen molar-refractivity contribution in [2.45, 2.75) is 44.1 Å². The first-order valence-corrected chi connectivity index (χ1v) is 9.15. The Labute approximate surface area is 157 Å². The van der Waals surface area contributed by atoms with E-state index in [1.165, 1.54) is 23.7 Å². The Morgan fingerprint density at radius 2 is 2.08 bits per heavy atom. The number of carbonyl (C=O) groups excluding carboxylic acids is 1. The van der Waals surface area contributed by atoms with E-state index in [9.17, 15) is 9.59 Å². The molecule has 138 valence electrons. The summed E-state index contributed by atoms with van der Waals surface area (Å²) in [6.07, 6.45) is 3.29. The molecule has 2 aromatic rings. The minimum Gasteiger partial charge on any atom is -0.330 e. The van der Waals surface area contributed by atoms with E-state index in [0.29, 0.717) is 17.4 Å². The topological polar surface area (TPSA) is 90.0 Å². The lowest BCUT2D eigenvalue weighted by Gasteiger charge is -2.40. The molecule has 7 heteroatoms. The fraction of sp³-hybridized carbons (Fsp3) is 0.421. The Hall–Kier alpha value is -2.18. The van der Waals surface area contributed by atoms with Gasteiger partial charge in [0.05, 0.1) is 6.04 Å². The van der Waals surface area contributed by atoms with Crippen LogP contribution in [-0.2, 0) is 10.2 Å². The predicted octanol–water partition coefficient (Wildman–Crippen LogP) is 2.87. The molecule has 0 saturated heterocycles. The summed E-state index contributed by atoms with van der Waals surface area (Å²) in [4.78, 5) is 23.5. The molecule has 3 rings (SSSR count). The van der Waals surface area contributed by atoms with Gasteiger partial charge in [-0.1, -0.05) is 23.7 Å². The molecule has 1 saturated carbocycles. The molecule has 1 aliphatic rings. The summed E-state index contributed by atoms with van der Waals surface area (Å²) < 4.78 is 1.49. The first-order valence-electron chi connectivity index (χ1n) is 8.77. The van der Waals surface area contributed by atoms with E-state index in [1.54, 1.807) is 0 Å². The van der Waals surface area contributed by atoms with Crippen LogP contribution >= 0.6 is 11.6 Å². The lowest BCUT2D eigenvalue weighted by atomic mass is 9.68. The minimum atomic E-state index is -0.213. The normalized spacial score (nSPS) is 22.8. The molecule has 0 unspecified atom stereocenters. The number of nitrogens with zero attached hydrogens (tertiary/aromatic N) is 2. The molecule has 0 radical (unpaired) electrons. The second kappa shape index (κ2) is 7.60. The quantitative estimate of drug-likeness (QED) is 0.860. The van der Waals surface area contributed by atoms with Crippen LogP contribution in [0.5, 0.6) is 0 Å². The van der Waals surface area contributed by atoms with Crippen molar-refractivity contribution in [3.05, 3.63) is 57.3 Å². The highest BCUT2D eigenvalue weighted by atomic mass is 35.5. The molecule has 1 aromatic carbocycles. The van der Waals surface area contributed by atoms with Crippen LogP contribution in [0.4, 0.5) is 5.82 Å². The predicted molar refractivity (Wildman–Crippen MR) is 102 cm³/mol. The van der Waals surface area contributed by atoms with Gasteiger partial charge in [0.1, 0.15) is 0 Å². The van der Waals surface area contributed by atoms with E-state index in [4.69, 9.17) is 17.3 Å². The van der Waals surface area contributed by atoms with Gasteiger partial charge in [0.25, 0.3) is 5.56 Å². The zero-order valence-electron chi connectivity index (χ0n) is 14.7. The number of nitrogens with one attached hydrogen (secondary N) is 1. The smallest absolute Gasteiger partial charge is 0.267 e. The molecular formula is C19H23ClN4O2. The van der Waals surface area contributed by atoms with Gasteiger partial charge in [0.15, 0.2) is 5.82 Å². The summed E-state index contributed by atoms with van der Waals surface area (Å²) >= 11 is 6.16. The number of amides is 1. The van der Waals surface area contributed by atoms with E-state index in [0.717, 1.165) is 31.2 Å². The highest BCUT2D eigenvalue weighted by molar-refractivity contribution is 6.30. The van der Waals surface area contributed by atoms with E-state index in [1.807, 2.05) is 18.2 Å². The molecule has 1 aliphatic carbocycles. The van der Waals surface area contributed by atoms with Gasteiger partial charge in [-0.3, -0.25) is 9.59 Å². The molecule has 26 heavy (non-hydrogen) atoms. The number of aromatic nitrogens is 2. The summed E-state index contributed by atoms with van der Waals surface area (Å²) in [7, 11) is 0. The highest BCUT2D eigenvalue weighted by Gasteiger charge is 2.37. The monoisotopic (exact) mass is 374 g/mol. The number of halogens is 1. The molecule has 0 spiro atoms. The van der Waals surface area contributed by atoms with Crippen molar-refractivity contribution in [3.63, 3.8) is 0 Å². The Bertz CT molecular complexity index is 857. The summed E-state index contributed by atoms with van der Waals surface area (Å²) in [5, 5.41) is 7.65. The van der Waals surface area contributed by atoms with Crippen LogP contribution in [0.2, 0.25) is 5.02 Å². The van der Waals surface area contributed by atoms with Crippen molar-refractivity contribution in [1.82, 2.24) is 9.78 Å². The third-order valence-corrected chi connectivity index (χ3v) is 5.45. The van der Waals surface area contributed by atoms with E-state index in [2.05, 4.69) is 16.5 Å². The van der Waals surface area contributed by atoms with Crippen molar-refractivity contribution in [2.24, 2.45) is 5.73 Å². The third kappa shape index (κ3) is 3.81. The molecule has 1 aromatic heterocycles. The fourth-order valence-corrected chi connectivity index (χ4v) is 3.95. The van der Waals surface area contributed by atoms with Gasteiger partial charge in [-0.05, 0) is 49.4 Å². The number of anilines is 1. The first kappa shape index (κ1) is 18.6. The standard InChI is InChI=1S/C19H23ClN4O2/c1-13(25)22-17-5-6-18(26)24(23-17)16-7-9-19(12-21,10-8-16)14-3-2-4-15(20)11-14/h2-6,11,16H,7-10,12,21H2,1H3,(H,22,23,25)/t16-,19-. The maximum Gasteiger partial charge on any atom is 0.267 e. The number of nitrogens with two attached hydrogens (primary N) is 1. The van der Waals surface area contributed by atoms with E-state index >= 15 is 0 Å². The molecule has 0 aliphatic heterocycles. The van der Waals surface area contributed by atoms with Crippen molar-refractivity contribution in [2.75, 3.05) is 11.9 Å². The van der Waals surface area contributed by atoms with Gasteiger partial charge in [-0.25, -0.2) is 4.68 Å². The molecule has 6 nitrogen and oxygen atoms in total. The van der Waals surface area contributed by atoms with Crippen molar-refractivity contribution in [1.29, 1.82) is 0 Å². The molecule has 0 atom stereocenters. The minimum absolute atomic E-state index is 0.00457. The summed E-state index contributed by atoms with van der Waals surface area (Å²) in [5.41, 5.74) is 7.00. The zero-order valence-corrected chi connectivity index (χ0v) is 15.5. The number of hydrogen-bond acceptors (Lipinski definition) is 4. The number of carbonyl (C=O) groups is 1. The van der Waals surface area contributed by atoms with Crippen LogP contribution in [-0.4, -0.2) is 22.2 Å². The lowest BCUT2D eigenvalue weighted by Crippen LogP contribution is -2.41. The SMILES string of the molecule is CC(=O)Nc1ccc(=O)n([C@H]2CC[C@](CN)(c3cccc(Cl)c3)CC2)n1.